The van der Waals surface area contributed by atoms with Gasteiger partial charge in [-0.15, -0.1) is 0 Å². The topological polar surface area (TPSA) is 33.2 Å². The normalized spacial score (nSPS) is 18.0. The van der Waals surface area contributed by atoms with Crippen LogP contribution in [0.1, 0.15) is 28.8 Å². The lowest BCUT2D eigenvalue weighted by Gasteiger charge is -2.25. The first-order valence-electron chi connectivity index (χ1n) is 7.21. The molecule has 3 nitrogen and oxygen atoms in total. The van der Waals surface area contributed by atoms with E-state index in [4.69, 9.17) is 0 Å². The number of aromatic nitrogens is 1. The number of rotatable bonds is 3. The van der Waals surface area contributed by atoms with Crippen LogP contribution in [0.5, 0.6) is 0 Å². The molecule has 1 atom stereocenters. The largest absolute Gasteiger partial charge is 0.335 e. The number of hydrogen-bond acceptors (Lipinski definition) is 2. The molecule has 1 aliphatic rings. The van der Waals surface area contributed by atoms with Gasteiger partial charge in [0.05, 0.1) is 5.56 Å². The van der Waals surface area contributed by atoms with Gasteiger partial charge in [-0.2, -0.15) is 0 Å². The molecule has 1 aliphatic heterocycles. The molecular formula is C17H17BrN2O. The number of nitrogens with zero attached hydrogens (tertiary/aromatic N) is 2. The van der Waals surface area contributed by atoms with E-state index in [2.05, 4.69) is 33.0 Å². The second-order valence-corrected chi connectivity index (χ2v) is 6.08. The molecule has 2 heterocycles. The van der Waals surface area contributed by atoms with Crippen LogP contribution in [0.3, 0.4) is 0 Å². The van der Waals surface area contributed by atoms with E-state index in [0.29, 0.717) is 10.2 Å². The fraction of sp³-hybridized carbons (Fsp3) is 0.294. The Morgan fingerprint density at radius 3 is 2.81 bits per heavy atom. The lowest BCUT2D eigenvalue weighted by atomic mass is 10.0. The summed E-state index contributed by atoms with van der Waals surface area (Å²) in [6.07, 6.45) is 4.75. The average molecular weight is 345 g/mol. The molecule has 1 saturated heterocycles. The second-order valence-electron chi connectivity index (χ2n) is 5.33. The third-order valence-corrected chi connectivity index (χ3v) is 4.57. The Bertz CT molecular complexity index is 630. The SMILES string of the molecule is O=C(c1cccnc1Br)N1CCCC1Cc1ccccc1. The van der Waals surface area contributed by atoms with Crippen LogP contribution in [0.2, 0.25) is 0 Å². The van der Waals surface area contributed by atoms with E-state index in [1.165, 1.54) is 5.56 Å². The molecule has 1 unspecified atom stereocenters. The lowest BCUT2D eigenvalue weighted by molar-refractivity contribution is 0.0735. The van der Waals surface area contributed by atoms with Crippen LogP contribution in [-0.2, 0) is 6.42 Å². The van der Waals surface area contributed by atoms with Gasteiger partial charge >= 0.3 is 0 Å². The Morgan fingerprint density at radius 1 is 1.24 bits per heavy atom. The van der Waals surface area contributed by atoms with Gasteiger partial charge in [-0.25, -0.2) is 4.98 Å². The summed E-state index contributed by atoms with van der Waals surface area (Å²) in [4.78, 5) is 18.9. The van der Waals surface area contributed by atoms with E-state index in [1.807, 2.05) is 29.2 Å². The van der Waals surface area contributed by atoms with Crippen LogP contribution in [0.15, 0.2) is 53.3 Å². The third-order valence-electron chi connectivity index (χ3n) is 3.94. The van der Waals surface area contributed by atoms with Gasteiger partial charge in [-0.05, 0) is 52.9 Å². The van der Waals surface area contributed by atoms with Gasteiger partial charge < -0.3 is 4.90 Å². The van der Waals surface area contributed by atoms with Crippen molar-refractivity contribution in [2.24, 2.45) is 0 Å². The first-order chi connectivity index (χ1) is 10.3. The minimum atomic E-state index is 0.0772. The quantitative estimate of drug-likeness (QED) is 0.795. The maximum atomic E-state index is 12.7. The Morgan fingerprint density at radius 2 is 2.05 bits per heavy atom. The summed E-state index contributed by atoms with van der Waals surface area (Å²) < 4.78 is 0.625. The van der Waals surface area contributed by atoms with Crippen LogP contribution in [0.4, 0.5) is 0 Å². The summed E-state index contributed by atoms with van der Waals surface area (Å²) in [7, 11) is 0. The monoisotopic (exact) mass is 344 g/mol. The highest BCUT2D eigenvalue weighted by molar-refractivity contribution is 9.10. The van der Waals surface area contributed by atoms with Crippen LogP contribution in [-0.4, -0.2) is 28.4 Å². The van der Waals surface area contributed by atoms with Gasteiger partial charge in [0.1, 0.15) is 4.60 Å². The second kappa shape index (κ2) is 6.39. The van der Waals surface area contributed by atoms with E-state index in [-0.39, 0.29) is 11.9 Å². The van der Waals surface area contributed by atoms with Crippen molar-refractivity contribution in [1.82, 2.24) is 9.88 Å². The van der Waals surface area contributed by atoms with Gasteiger partial charge in [0.25, 0.3) is 5.91 Å². The van der Waals surface area contributed by atoms with Crippen molar-refractivity contribution in [1.29, 1.82) is 0 Å². The predicted octanol–water partition coefficient (Wildman–Crippen LogP) is 3.69. The molecule has 4 heteroatoms. The van der Waals surface area contributed by atoms with Crippen LogP contribution < -0.4 is 0 Å². The average Bonchev–Trinajstić information content (AvgIpc) is 2.96. The zero-order chi connectivity index (χ0) is 14.7. The van der Waals surface area contributed by atoms with Crippen molar-refractivity contribution >= 4 is 21.8 Å². The Labute approximate surface area is 133 Å². The van der Waals surface area contributed by atoms with E-state index >= 15 is 0 Å². The van der Waals surface area contributed by atoms with Gasteiger partial charge in [-0.3, -0.25) is 4.79 Å². The van der Waals surface area contributed by atoms with E-state index < -0.39 is 0 Å². The maximum Gasteiger partial charge on any atom is 0.256 e. The number of carbonyl (C=O) groups excluding carboxylic acids is 1. The molecule has 2 aromatic rings. The highest BCUT2D eigenvalue weighted by Gasteiger charge is 2.30. The molecule has 108 valence electrons. The molecular weight excluding hydrogens is 328 g/mol. The predicted molar refractivity (Wildman–Crippen MR) is 86.1 cm³/mol. The van der Waals surface area contributed by atoms with Crippen molar-refractivity contribution in [3.05, 3.63) is 64.4 Å². The zero-order valence-electron chi connectivity index (χ0n) is 11.7. The van der Waals surface area contributed by atoms with Crippen molar-refractivity contribution in [3.63, 3.8) is 0 Å². The van der Waals surface area contributed by atoms with Crippen molar-refractivity contribution in [3.8, 4) is 0 Å². The number of carbonyl (C=O) groups is 1. The lowest BCUT2D eigenvalue weighted by Crippen LogP contribution is -2.37. The molecule has 1 aromatic heterocycles. The number of benzene rings is 1. The first kappa shape index (κ1) is 14.3. The first-order valence-corrected chi connectivity index (χ1v) is 8.00. The fourth-order valence-electron chi connectivity index (χ4n) is 2.90. The summed E-state index contributed by atoms with van der Waals surface area (Å²) in [5.41, 5.74) is 1.94. The number of amides is 1. The summed E-state index contributed by atoms with van der Waals surface area (Å²) in [6, 6.07) is 14.3. The van der Waals surface area contributed by atoms with E-state index in [1.54, 1.807) is 12.3 Å². The molecule has 0 N–H and O–H groups in total. The van der Waals surface area contributed by atoms with Crippen molar-refractivity contribution in [2.45, 2.75) is 25.3 Å². The highest BCUT2D eigenvalue weighted by atomic mass is 79.9. The number of halogens is 1. The maximum absolute atomic E-state index is 12.7. The standard InChI is InChI=1S/C17H17BrN2O/c18-16-15(9-4-10-19-16)17(21)20-11-5-8-14(20)12-13-6-2-1-3-7-13/h1-4,6-7,9-10,14H,5,8,11-12H2. The molecule has 1 amide bonds. The zero-order valence-corrected chi connectivity index (χ0v) is 13.3. The van der Waals surface area contributed by atoms with E-state index in [0.717, 1.165) is 25.8 Å². The molecule has 0 radical (unpaired) electrons. The minimum Gasteiger partial charge on any atom is -0.335 e. The molecule has 0 saturated carbocycles. The number of pyridine rings is 1. The third kappa shape index (κ3) is 3.16. The Hall–Kier alpha value is -1.68. The summed E-state index contributed by atoms with van der Waals surface area (Å²) in [5.74, 6) is 0.0772. The Kier molecular flexibility index (Phi) is 4.34. The van der Waals surface area contributed by atoms with E-state index in [9.17, 15) is 4.79 Å². The van der Waals surface area contributed by atoms with Gasteiger partial charge in [0.2, 0.25) is 0 Å². The summed E-state index contributed by atoms with van der Waals surface area (Å²) in [5, 5.41) is 0. The molecule has 21 heavy (non-hydrogen) atoms. The minimum absolute atomic E-state index is 0.0772. The molecule has 1 aromatic carbocycles. The summed E-state index contributed by atoms with van der Waals surface area (Å²) >= 11 is 3.37. The Balaban J connectivity index is 1.78. The van der Waals surface area contributed by atoms with Crippen LogP contribution >= 0.6 is 15.9 Å². The van der Waals surface area contributed by atoms with Gasteiger partial charge in [0, 0.05) is 18.8 Å². The molecule has 0 bridgehead atoms. The molecule has 0 spiro atoms. The summed E-state index contributed by atoms with van der Waals surface area (Å²) in [6.45, 7) is 0.831. The van der Waals surface area contributed by atoms with Crippen LogP contribution in [0.25, 0.3) is 0 Å². The number of likely N-dealkylation sites (tertiary alicyclic amines) is 1. The van der Waals surface area contributed by atoms with Gasteiger partial charge in [0.15, 0.2) is 0 Å². The highest BCUT2D eigenvalue weighted by Crippen LogP contribution is 2.25. The van der Waals surface area contributed by atoms with Crippen LogP contribution in [0, 0.1) is 0 Å². The smallest absolute Gasteiger partial charge is 0.256 e. The fourth-order valence-corrected chi connectivity index (χ4v) is 3.32. The van der Waals surface area contributed by atoms with Gasteiger partial charge in [-0.1, -0.05) is 30.3 Å². The molecule has 1 fully saturated rings. The van der Waals surface area contributed by atoms with Crippen molar-refractivity contribution in [2.75, 3.05) is 6.54 Å². The molecule has 3 rings (SSSR count). The molecule has 0 aliphatic carbocycles. The number of hydrogen-bond donors (Lipinski definition) is 0. The van der Waals surface area contributed by atoms with Crippen molar-refractivity contribution < 1.29 is 4.79 Å².